The van der Waals surface area contributed by atoms with Crippen LogP contribution in [0.3, 0.4) is 0 Å². The van der Waals surface area contributed by atoms with Crippen LogP contribution in [-0.2, 0) is 19.6 Å². The Morgan fingerprint density at radius 1 is 1.07 bits per heavy atom. The Morgan fingerprint density at radius 3 is 2.37 bits per heavy atom. The first-order valence-electron chi connectivity index (χ1n) is 9.11. The number of benzene rings is 1. The molecule has 0 aliphatic carbocycles. The molecule has 27 heavy (non-hydrogen) atoms. The third-order valence-electron chi connectivity index (χ3n) is 4.77. The molecule has 5 nitrogen and oxygen atoms in total. The molecule has 1 aliphatic rings. The topological polar surface area (TPSA) is 71.5 Å². The Labute approximate surface area is 173 Å². The number of nitrogens with zero attached hydrogens (tertiary/aromatic N) is 1. The Balaban J connectivity index is 0.00000182. The first-order chi connectivity index (χ1) is 12.3. The molecule has 0 spiro atoms. The highest BCUT2D eigenvalue weighted by Crippen LogP contribution is 2.16. The smallest absolute Gasteiger partial charge is 0.254 e. The molecule has 0 atom stereocenters. The normalized spacial score (nSPS) is 14.6. The number of furan rings is 1. The van der Waals surface area contributed by atoms with Crippen LogP contribution in [0.2, 0.25) is 0 Å². The maximum absolute atomic E-state index is 12.3. The van der Waals surface area contributed by atoms with Gasteiger partial charge in [-0.15, -0.1) is 24.8 Å². The van der Waals surface area contributed by atoms with E-state index in [0.717, 1.165) is 19.6 Å². The highest BCUT2D eigenvalue weighted by atomic mass is 35.5. The molecule has 0 bridgehead atoms. The van der Waals surface area contributed by atoms with E-state index in [1.807, 2.05) is 6.07 Å². The fourth-order valence-corrected chi connectivity index (χ4v) is 3.30. The first-order valence-corrected chi connectivity index (χ1v) is 9.11. The summed E-state index contributed by atoms with van der Waals surface area (Å²) in [4.78, 5) is 14.8. The van der Waals surface area contributed by atoms with Crippen LogP contribution in [0.15, 0.2) is 41.0 Å². The lowest BCUT2D eigenvalue weighted by Gasteiger charge is -2.21. The number of carbonyl (C=O) groups excluding carboxylic acids is 1. The molecule has 150 valence electrons. The quantitative estimate of drug-likeness (QED) is 0.753. The van der Waals surface area contributed by atoms with Crippen molar-refractivity contribution in [2.45, 2.75) is 45.3 Å². The van der Waals surface area contributed by atoms with E-state index in [9.17, 15) is 4.79 Å². The number of nitrogens with one attached hydrogen (secondary N) is 1. The van der Waals surface area contributed by atoms with Crippen molar-refractivity contribution in [2.75, 3.05) is 13.1 Å². The Bertz CT molecular complexity index is 698. The molecule has 2 aromatic rings. The third kappa shape index (κ3) is 6.85. The molecule has 1 saturated heterocycles. The minimum Gasteiger partial charge on any atom is -0.467 e. The number of halogens is 2. The van der Waals surface area contributed by atoms with Gasteiger partial charge in [-0.2, -0.15) is 0 Å². The van der Waals surface area contributed by atoms with Gasteiger partial charge in [-0.25, -0.2) is 0 Å². The summed E-state index contributed by atoms with van der Waals surface area (Å²) in [5.74, 6) is 0.486. The average Bonchev–Trinajstić information content (AvgIpc) is 2.98. The van der Waals surface area contributed by atoms with Gasteiger partial charge in [0.05, 0.1) is 12.1 Å². The zero-order chi connectivity index (χ0) is 17.5. The summed E-state index contributed by atoms with van der Waals surface area (Å²) in [7, 11) is 0. The lowest BCUT2D eigenvalue weighted by Crippen LogP contribution is -2.26. The minimum atomic E-state index is -0.131. The van der Waals surface area contributed by atoms with Gasteiger partial charge >= 0.3 is 0 Å². The summed E-state index contributed by atoms with van der Waals surface area (Å²) < 4.78 is 5.23. The fraction of sp³-hybridized carbons (Fsp3) is 0.450. The summed E-state index contributed by atoms with van der Waals surface area (Å²) >= 11 is 0. The summed E-state index contributed by atoms with van der Waals surface area (Å²) in [6.45, 7) is 4.10. The summed E-state index contributed by atoms with van der Waals surface area (Å²) in [6, 6.07) is 10.0. The maximum Gasteiger partial charge on any atom is 0.254 e. The van der Waals surface area contributed by atoms with E-state index in [4.69, 9.17) is 10.2 Å². The number of nitrogens with two attached hydrogens (primary N) is 1. The average molecular weight is 414 g/mol. The molecule has 0 saturated carbocycles. The lowest BCUT2D eigenvalue weighted by atomic mass is 10.1. The monoisotopic (exact) mass is 413 g/mol. The van der Waals surface area contributed by atoms with Crippen LogP contribution in [-0.4, -0.2) is 23.9 Å². The van der Waals surface area contributed by atoms with Crippen LogP contribution >= 0.6 is 24.8 Å². The number of hydrogen-bond donors (Lipinski definition) is 2. The van der Waals surface area contributed by atoms with Crippen LogP contribution in [0, 0.1) is 0 Å². The van der Waals surface area contributed by atoms with Crippen molar-refractivity contribution < 1.29 is 9.21 Å². The van der Waals surface area contributed by atoms with Gasteiger partial charge in [0.25, 0.3) is 5.91 Å². The molecule has 1 fully saturated rings. The molecule has 3 N–H and O–H groups in total. The number of hydrogen-bond acceptors (Lipinski definition) is 4. The Hall–Kier alpha value is -1.53. The highest BCUT2D eigenvalue weighted by Gasteiger charge is 2.13. The standard InChI is InChI=1S/C20H27N3O2.2ClH/c21-12-19-11-18(15-25-19)20(24)22-13-16-7-3-4-8-17(16)14-23-9-5-1-2-6-10-23;;/h3-4,7-8,11,15H,1-2,5-6,9-10,12-14,21H2,(H,22,24);2*1H. The van der Waals surface area contributed by atoms with Gasteiger partial charge in [0.15, 0.2) is 0 Å². The van der Waals surface area contributed by atoms with E-state index in [1.54, 1.807) is 6.07 Å². The van der Waals surface area contributed by atoms with E-state index in [0.29, 0.717) is 24.4 Å². The number of rotatable bonds is 6. The van der Waals surface area contributed by atoms with Crippen LogP contribution in [0.25, 0.3) is 0 Å². The van der Waals surface area contributed by atoms with Crippen molar-refractivity contribution in [3.05, 3.63) is 59.0 Å². The van der Waals surface area contributed by atoms with Crippen LogP contribution in [0.5, 0.6) is 0 Å². The largest absolute Gasteiger partial charge is 0.467 e. The van der Waals surface area contributed by atoms with Crippen molar-refractivity contribution in [3.8, 4) is 0 Å². The Kier molecular flexibility index (Phi) is 10.5. The first kappa shape index (κ1) is 23.5. The van der Waals surface area contributed by atoms with Gasteiger partial charge < -0.3 is 15.5 Å². The van der Waals surface area contributed by atoms with Crippen molar-refractivity contribution in [2.24, 2.45) is 5.73 Å². The molecular formula is C20H29Cl2N3O2. The second-order valence-electron chi connectivity index (χ2n) is 6.65. The summed E-state index contributed by atoms with van der Waals surface area (Å²) in [6.07, 6.45) is 6.69. The molecule has 1 aliphatic heterocycles. The fourth-order valence-electron chi connectivity index (χ4n) is 3.30. The van der Waals surface area contributed by atoms with E-state index in [1.165, 1.54) is 43.1 Å². The molecule has 1 aromatic carbocycles. The summed E-state index contributed by atoms with van der Waals surface area (Å²) in [5.41, 5.74) is 8.50. The van der Waals surface area contributed by atoms with Crippen LogP contribution in [0.4, 0.5) is 0 Å². The molecular weight excluding hydrogens is 385 g/mol. The van der Waals surface area contributed by atoms with E-state index in [2.05, 4.69) is 28.4 Å². The van der Waals surface area contributed by atoms with Gasteiger partial charge in [0, 0.05) is 13.1 Å². The predicted octanol–water partition coefficient (Wildman–Crippen LogP) is 3.89. The summed E-state index contributed by atoms with van der Waals surface area (Å²) in [5, 5.41) is 2.98. The van der Waals surface area contributed by atoms with Crippen molar-refractivity contribution in [1.82, 2.24) is 10.2 Å². The number of carbonyl (C=O) groups is 1. The highest BCUT2D eigenvalue weighted by molar-refractivity contribution is 5.93. The van der Waals surface area contributed by atoms with Crippen LogP contribution < -0.4 is 11.1 Å². The second-order valence-corrected chi connectivity index (χ2v) is 6.65. The van der Waals surface area contributed by atoms with Gasteiger partial charge in [-0.3, -0.25) is 9.69 Å². The SMILES string of the molecule is Cl.Cl.NCc1cc(C(=O)NCc2ccccc2CN2CCCCCC2)co1. The molecule has 3 rings (SSSR count). The van der Waals surface area contributed by atoms with Gasteiger partial charge in [0.1, 0.15) is 12.0 Å². The van der Waals surface area contributed by atoms with Crippen molar-refractivity contribution in [3.63, 3.8) is 0 Å². The zero-order valence-electron chi connectivity index (χ0n) is 15.5. The number of likely N-dealkylation sites (tertiary alicyclic amines) is 1. The maximum atomic E-state index is 12.3. The lowest BCUT2D eigenvalue weighted by molar-refractivity contribution is 0.0950. The number of amides is 1. The van der Waals surface area contributed by atoms with Crippen LogP contribution in [0.1, 0.15) is 52.9 Å². The van der Waals surface area contributed by atoms with Crippen molar-refractivity contribution >= 4 is 30.7 Å². The van der Waals surface area contributed by atoms with Gasteiger partial charge in [-0.05, 0) is 43.1 Å². The van der Waals surface area contributed by atoms with E-state index >= 15 is 0 Å². The predicted molar refractivity (Wildman–Crippen MR) is 112 cm³/mol. The molecule has 0 unspecified atom stereocenters. The second kappa shape index (κ2) is 12.0. The van der Waals surface area contributed by atoms with E-state index < -0.39 is 0 Å². The molecule has 0 radical (unpaired) electrons. The molecule has 7 heteroatoms. The minimum absolute atomic E-state index is 0. The molecule has 1 aromatic heterocycles. The van der Waals surface area contributed by atoms with Gasteiger partial charge in [-0.1, -0.05) is 37.1 Å². The van der Waals surface area contributed by atoms with Gasteiger partial charge in [0.2, 0.25) is 0 Å². The Morgan fingerprint density at radius 2 is 1.74 bits per heavy atom. The van der Waals surface area contributed by atoms with Crippen molar-refractivity contribution in [1.29, 1.82) is 0 Å². The van der Waals surface area contributed by atoms with E-state index in [-0.39, 0.29) is 30.7 Å². The third-order valence-corrected chi connectivity index (χ3v) is 4.77. The zero-order valence-corrected chi connectivity index (χ0v) is 17.1. The molecule has 1 amide bonds. The molecule has 2 heterocycles.